The third kappa shape index (κ3) is 4.22. The van der Waals surface area contributed by atoms with Gasteiger partial charge < -0.3 is 9.64 Å². The van der Waals surface area contributed by atoms with Crippen molar-refractivity contribution in [1.29, 1.82) is 0 Å². The Balaban J connectivity index is 1.48. The van der Waals surface area contributed by atoms with E-state index in [0.717, 1.165) is 43.6 Å². The molecule has 1 aliphatic rings. The molecule has 1 aromatic heterocycles. The van der Waals surface area contributed by atoms with E-state index < -0.39 is 5.97 Å². The summed E-state index contributed by atoms with van der Waals surface area (Å²) in [5.74, 6) is -0.518. The lowest BCUT2D eigenvalue weighted by atomic mass is 10.1. The highest BCUT2D eigenvalue weighted by atomic mass is 16.5. The second kappa shape index (κ2) is 7.77. The van der Waals surface area contributed by atoms with Crippen molar-refractivity contribution in [3.8, 4) is 5.69 Å². The molecule has 0 unspecified atom stereocenters. The number of ether oxygens (including phenoxy) is 1. The summed E-state index contributed by atoms with van der Waals surface area (Å²) in [5.41, 5.74) is 1.69. The molecule has 1 saturated heterocycles. The van der Waals surface area contributed by atoms with Gasteiger partial charge >= 0.3 is 5.97 Å². The Labute approximate surface area is 141 Å². The molecule has 0 saturated carbocycles. The summed E-state index contributed by atoms with van der Waals surface area (Å²) in [6, 6.07) is 9.66. The fourth-order valence-electron chi connectivity index (χ4n) is 2.77. The molecule has 0 aliphatic carbocycles. The van der Waals surface area contributed by atoms with E-state index in [1.54, 1.807) is 22.0 Å². The van der Waals surface area contributed by atoms with Crippen LogP contribution in [0.5, 0.6) is 0 Å². The molecule has 6 heteroatoms. The topological polar surface area (TPSA) is 64.4 Å². The number of carbonyl (C=O) groups excluding carboxylic acids is 2. The fraction of sp³-hybridized carbons (Fsp3) is 0.389. The highest BCUT2D eigenvalue weighted by Crippen LogP contribution is 2.10. The number of benzene rings is 1. The van der Waals surface area contributed by atoms with Crippen molar-refractivity contribution in [1.82, 2.24) is 14.7 Å². The zero-order valence-corrected chi connectivity index (χ0v) is 13.6. The van der Waals surface area contributed by atoms with Gasteiger partial charge in [0.25, 0.3) is 5.91 Å². The van der Waals surface area contributed by atoms with E-state index in [1.807, 2.05) is 30.3 Å². The lowest BCUT2D eigenvalue weighted by Crippen LogP contribution is -2.38. The second-order valence-electron chi connectivity index (χ2n) is 5.91. The number of carbonyl (C=O) groups is 2. The first-order valence-electron chi connectivity index (χ1n) is 8.25. The Kier molecular flexibility index (Phi) is 5.25. The zero-order valence-electron chi connectivity index (χ0n) is 13.6. The van der Waals surface area contributed by atoms with Crippen molar-refractivity contribution < 1.29 is 14.3 Å². The van der Waals surface area contributed by atoms with E-state index in [1.165, 1.54) is 0 Å². The summed E-state index contributed by atoms with van der Waals surface area (Å²) >= 11 is 0. The van der Waals surface area contributed by atoms with Crippen molar-refractivity contribution in [2.24, 2.45) is 0 Å². The molecule has 126 valence electrons. The van der Waals surface area contributed by atoms with Crippen LogP contribution in [0.3, 0.4) is 0 Å². The molecule has 2 heterocycles. The molecule has 24 heavy (non-hydrogen) atoms. The summed E-state index contributed by atoms with van der Waals surface area (Å²) < 4.78 is 6.82. The van der Waals surface area contributed by atoms with E-state index in [4.69, 9.17) is 4.74 Å². The van der Waals surface area contributed by atoms with Gasteiger partial charge in [-0.25, -0.2) is 4.68 Å². The van der Waals surface area contributed by atoms with Gasteiger partial charge in [-0.2, -0.15) is 5.10 Å². The number of piperidine rings is 1. The Morgan fingerprint density at radius 1 is 1.08 bits per heavy atom. The van der Waals surface area contributed by atoms with Gasteiger partial charge in [0.1, 0.15) is 0 Å². The average Bonchev–Trinajstić information content (AvgIpc) is 3.09. The second-order valence-corrected chi connectivity index (χ2v) is 5.91. The Morgan fingerprint density at radius 3 is 2.58 bits per heavy atom. The molecule has 6 nitrogen and oxygen atoms in total. The van der Waals surface area contributed by atoms with Crippen molar-refractivity contribution in [3.05, 3.63) is 48.3 Å². The van der Waals surface area contributed by atoms with Crippen molar-refractivity contribution in [2.75, 3.05) is 19.7 Å². The largest absolute Gasteiger partial charge is 0.455 e. The van der Waals surface area contributed by atoms with Crippen LogP contribution in [-0.2, 0) is 20.7 Å². The Morgan fingerprint density at radius 2 is 1.83 bits per heavy atom. The molecule has 1 aliphatic heterocycles. The van der Waals surface area contributed by atoms with Gasteiger partial charge in [-0.1, -0.05) is 18.2 Å². The SMILES string of the molecule is O=C(Cc1cnn(-c2ccccc2)c1)OCC(=O)N1CCCCC1. The number of hydrogen-bond donors (Lipinski definition) is 0. The van der Waals surface area contributed by atoms with Gasteiger partial charge in [-0.05, 0) is 31.4 Å². The van der Waals surface area contributed by atoms with E-state index >= 15 is 0 Å². The number of nitrogens with zero attached hydrogens (tertiary/aromatic N) is 3. The van der Waals surface area contributed by atoms with E-state index in [0.29, 0.717) is 0 Å². The first-order valence-corrected chi connectivity index (χ1v) is 8.25. The van der Waals surface area contributed by atoms with E-state index in [9.17, 15) is 9.59 Å². The highest BCUT2D eigenvalue weighted by molar-refractivity contribution is 5.81. The number of para-hydroxylation sites is 1. The van der Waals surface area contributed by atoms with Crippen molar-refractivity contribution in [2.45, 2.75) is 25.7 Å². The summed E-state index contributed by atoms with van der Waals surface area (Å²) in [6.07, 6.45) is 6.76. The number of rotatable bonds is 5. The van der Waals surface area contributed by atoms with Crippen LogP contribution in [0, 0.1) is 0 Å². The van der Waals surface area contributed by atoms with Gasteiger partial charge in [-0.15, -0.1) is 0 Å². The molecular weight excluding hydrogens is 306 g/mol. The molecule has 0 bridgehead atoms. The van der Waals surface area contributed by atoms with Gasteiger partial charge in [0.2, 0.25) is 0 Å². The number of hydrogen-bond acceptors (Lipinski definition) is 4. The van der Waals surface area contributed by atoms with Gasteiger partial charge in [0.15, 0.2) is 6.61 Å². The number of likely N-dealkylation sites (tertiary alicyclic amines) is 1. The smallest absolute Gasteiger partial charge is 0.310 e. The van der Waals surface area contributed by atoms with Crippen LogP contribution < -0.4 is 0 Å². The number of aromatic nitrogens is 2. The Hall–Kier alpha value is -2.63. The monoisotopic (exact) mass is 327 g/mol. The van der Waals surface area contributed by atoms with Crippen LogP contribution in [0.15, 0.2) is 42.7 Å². The van der Waals surface area contributed by atoms with Crippen LogP contribution in [0.2, 0.25) is 0 Å². The van der Waals surface area contributed by atoms with Gasteiger partial charge in [0.05, 0.1) is 18.3 Å². The summed E-state index contributed by atoms with van der Waals surface area (Å²) in [7, 11) is 0. The molecule has 3 rings (SSSR count). The molecule has 1 aromatic carbocycles. The molecule has 0 radical (unpaired) electrons. The molecule has 2 aromatic rings. The minimum Gasteiger partial charge on any atom is -0.455 e. The van der Waals surface area contributed by atoms with Crippen LogP contribution in [0.4, 0.5) is 0 Å². The zero-order chi connectivity index (χ0) is 16.8. The predicted octanol–water partition coefficient (Wildman–Crippen LogP) is 1.97. The molecular formula is C18H21N3O3. The third-order valence-electron chi connectivity index (χ3n) is 4.07. The third-order valence-corrected chi connectivity index (χ3v) is 4.07. The van der Waals surface area contributed by atoms with Crippen molar-refractivity contribution >= 4 is 11.9 Å². The molecule has 0 atom stereocenters. The quantitative estimate of drug-likeness (QED) is 0.788. The molecule has 0 N–H and O–H groups in total. The minimum atomic E-state index is -0.409. The van der Waals surface area contributed by atoms with Crippen LogP contribution >= 0.6 is 0 Å². The molecule has 1 amide bonds. The standard InChI is InChI=1S/C18H21N3O3/c22-17(20-9-5-2-6-10-20)14-24-18(23)11-15-12-19-21(13-15)16-7-3-1-4-8-16/h1,3-4,7-8,12-13H,2,5-6,9-11,14H2. The first-order chi connectivity index (χ1) is 11.7. The number of esters is 1. The number of amides is 1. The van der Waals surface area contributed by atoms with Crippen molar-refractivity contribution in [3.63, 3.8) is 0 Å². The predicted molar refractivity (Wildman–Crippen MR) is 88.7 cm³/mol. The summed E-state index contributed by atoms with van der Waals surface area (Å²) in [4.78, 5) is 25.7. The lowest BCUT2D eigenvalue weighted by molar-refractivity contribution is -0.151. The normalized spacial score (nSPS) is 14.4. The summed E-state index contributed by atoms with van der Waals surface area (Å²) in [6.45, 7) is 1.35. The van der Waals surface area contributed by atoms with Crippen LogP contribution in [-0.4, -0.2) is 46.3 Å². The minimum absolute atomic E-state index is 0.108. The lowest BCUT2D eigenvalue weighted by Gasteiger charge is -2.26. The average molecular weight is 327 g/mol. The molecule has 1 fully saturated rings. The summed E-state index contributed by atoms with van der Waals surface area (Å²) in [5, 5.41) is 4.24. The highest BCUT2D eigenvalue weighted by Gasteiger charge is 2.18. The van der Waals surface area contributed by atoms with Gasteiger partial charge in [-0.3, -0.25) is 9.59 Å². The Bertz CT molecular complexity index is 691. The first kappa shape index (κ1) is 16.2. The maximum atomic E-state index is 12.0. The van der Waals surface area contributed by atoms with Crippen LogP contribution in [0.1, 0.15) is 24.8 Å². The van der Waals surface area contributed by atoms with E-state index in [-0.39, 0.29) is 18.9 Å². The fourth-order valence-corrected chi connectivity index (χ4v) is 2.77. The van der Waals surface area contributed by atoms with Crippen LogP contribution in [0.25, 0.3) is 5.69 Å². The maximum Gasteiger partial charge on any atom is 0.310 e. The molecule has 0 spiro atoms. The van der Waals surface area contributed by atoms with E-state index in [2.05, 4.69) is 5.10 Å². The maximum absolute atomic E-state index is 12.0. The van der Waals surface area contributed by atoms with Gasteiger partial charge in [0, 0.05) is 24.8 Å².